The second-order valence-electron chi connectivity index (χ2n) is 10.8. The second-order valence-corrected chi connectivity index (χ2v) is 11.8. The number of ether oxygens (including phenoxy) is 1. The lowest BCUT2D eigenvalue weighted by molar-refractivity contribution is -0.145. The summed E-state index contributed by atoms with van der Waals surface area (Å²) >= 11 is 1.76. The molecule has 0 spiro atoms. The van der Waals surface area contributed by atoms with Gasteiger partial charge in [-0.2, -0.15) is 0 Å². The van der Waals surface area contributed by atoms with Crippen LogP contribution in [-0.2, 0) is 16.0 Å². The van der Waals surface area contributed by atoms with Gasteiger partial charge in [-0.15, -0.1) is 11.3 Å². The third kappa shape index (κ3) is 5.74. The molecule has 2 aliphatic carbocycles. The fourth-order valence-corrected chi connectivity index (χ4v) is 6.46. The van der Waals surface area contributed by atoms with Crippen molar-refractivity contribution in [2.75, 3.05) is 26.2 Å². The number of thiophene rings is 1. The number of nitrogens with zero attached hydrogens (tertiary/aromatic N) is 2. The van der Waals surface area contributed by atoms with Gasteiger partial charge in [-0.1, -0.05) is 38.8 Å². The van der Waals surface area contributed by atoms with E-state index in [1.807, 2.05) is 21.9 Å². The minimum atomic E-state index is -0.119. The van der Waals surface area contributed by atoms with Crippen LogP contribution < -0.4 is 4.74 Å². The molecule has 0 bridgehead atoms. The molecule has 188 valence electrons. The third-order valence-electron chi connectivity index (χ3n) is 7.89. The molecule has 5 nitrogen and oxygen atoms in total. The maximum Gasteiger partial charge on any atom is 0.242 e. The topological polar surface area (TPSA) is 49.9 Å². The molecular weight excluding hydrogens is 456 g/mol. The molecule has 2 saturated carbocycles. The Labute approximate surface area is 213 Å². The van der Waals surface area contributed by atoms with Gasteiger partial charge in [0.05, 0.1) is 12.6 Å². The first kappa shape index (κ1) is 24.4. The fourth-order valence-electron chi connectivity index (χ4n) is 5.53. The SMILES string of the molecule is CC(C)c1ccc(OC[C@@H]2c3ccsc3CCN2C(=O)CN(CC2CC2)C(=O)C2CCCC2)cc1. The van der Waals surface area contributed by atoms with E-state index in [-0.39, 0.29) is 30.3 Å². The van der Waals surface area contributed by atoms with E-state index in [1.165, 1.54) is 28.8 Å². The van der Waals surface area contributed by atoms with Crippen LogP contribution in [0.2, 0.25) is 0 Å². The van der Waals surface area contributed by atoms with Gasteiger partial charge >= 0.3 is 0 Å². The number of carbonyl (C=O) groups excluding carboxylic acids is 2. The third-order valence-corrected chi connectivity index (χ3v) is 8.88. The molecule has 3 aliphatic rings. The lowest BCUT2D eigenvalue weighted by Crippen LogP contribution is -2.49. The quantitative estimate of drug-likeness (QED) is 0.442. The van der Waals surface area contributed by atoms with E-state index in [2.05, 4.69) is 37.4 Å². The summed E-state index contributed by atoms with van der Waals surface area (Å²) in [7, 11) is 0. The molecule has 6 heteroatoms. The highest BCUT2D eigenvalue weighted by atomic mass is 32.1. The summed E-state index contributed by atoms with van der Waals surface area (Å²) < 4.78 is 6.23. The molecule has 0 N–H and O–H groups in total. The Bertz CT molecular complexity index is 1020. The van der Waals surface area contributed by atoms with Crippen LogP contribution >= 0.6 is 11.3 Å². The van der Waals surface area contributed by atoms with Crippen LogP contribution in [0.4, 0.5) is 0 Å². The normalized spacial score (nSPS) is 20.2. The minimum Gasteiger partial charge on any atom is -0.491 e. The van der Waals surface area contributed by atoms with Crippen molar-refractivity contribution < 1.29 is 14.3 Å². The molecule has 1 aromatic heterocycles. The van der Waals surface area contributed by atoms with Crippen LogP contribution in [-0.4, -0.2) is 47.9 Å². The molecule has 1 atom stereocenters. The largest absolute Gasteiger partial charge is 0.491 e. The van der Waals surface area contributed by atoms with Crippen molar-refractivity contribution in [1.82, 2.24) is 9.80 Å². The monoisotopic (exact) mass is 494 g/mol. The van der Waals surface area contributed by atoms with Crippen molar-refractivity contribution >= 4 is 23.2 Å². The molecule has 1 aliphatic heterocycles. The van der Waals surface area contributed by atoms with Gasteiger partial charge in [0.2, 0.25) is 11.8 Å². The Balaban J connectivity index is 1.29. The van der Waals surface area contributed by atoms with Gasteiger partial charge in [0, 0.05) is 23.9 Å². The number of fused-ring (bicyclic) bond motifs is 1. The Kier molecular flexibility index (Phi) is 7.47. The van der Waals surface area contributed by atoms with Crippen molar-refractivity contribution in [3.63, 3.8) is 0 Å². The molecule has 2 aromatic rings. The summed E-state index contributed by atoms with van der Waals surface area (Å²) in [5.74, 6) is 2.25. The van der Waals surface area contributed by atoms with E-state index in [0.717, 1.165) is 44.4 Å². The molecular formula is C29H38N2O3S. The predicted octanol–water partition coefficient (Wildman–Crippen LogP) is 5.81. The Morgan fingerprint density at radius 2 is 1.83 bits per heavy atom. The first-order valence-corrected chi connectivity index (χ1v) is 14.2. The number of carbonyl (C=O) groups is 2. The zero-order valence-corrected chi connectivity index (χ0v) is 21.9. The highest BCUT2D eigenvalue weighted by Gasteiger charge is 2.36. The molecule has 2 amide bonds. The van der Waals surface area contributed by atoms with E-state index >= 15 is 0 Å². The molecule has 5 rings (SSSR count). The van der Waals surface area contributed by atoms with Gasteiger partial charge in [-0.3, -0.25) is 9.59 Å². The van der Waals surface area contributed by atoms with E-state index in [1.54, 1.807) is 11.3 Å². The molecule has 35 heavy (non-hydrogen) atoms. The summed E-state index contributed by atoms with van der Waals surface area (Å²) in [5, 5.41) is 2.12. The zero-order chi connectivity index (χ0) is 24.4. The maximum absolute atomic E-state index is 13.7. The summed E-state index contributed by atoms with van der Waals surface area (Å²) in [6.07, 6.45) is 7.44. The second kappa shape index (κ2) is 10.7. The van der Waals surface area contributed by atoms with E-state index in [4.69, 9.17) is 4.74 Å². The lowest BCUT2D eigenvalue weighted by Gasteiger charge is -2.37. The minimum absolute atomic E-state index is 0.0533. The Morgan fingerprint density at radius 1 is 1.09 bits per heavy atom. The van der Waals surface area contributed by atoms with Gasteiger partial charge in [-0.05, 0) is 78.6 Å². The van der Waals surface area contributed by atoms with Gasteiger partial charge < -0.3 is 14.5 Å². The number of amides is 2. The first-order chi connectivity index (χ1) is 17.0. The Hall–Kier alpha value is -2.34. The van der Waals surface area contributed by atoms with Gasteiger partial charge in [-0.25, -0.2) is 0 Å². The summed E-state index contributed by atoms with van der Waals surface area (Å²) in [5.41, 5.74) is 2.49. The average molecular weight is 495 g/mol. The van der Waals surface area contributed by atoms with Gasteiger partial charge in [0.1, 0.15) is 12.4 Å². The van der Waals surface area contributed by atoms with Crippen molar-refractivity contribution in [2.24, 2.45) is 11.8 Å². The van der Waals surface area contributed by atoms with E-state index in [9.17, 15) is 9.59 Å². The lowest BCUT2D eigenvalue weighted by atomic mass is 10.00. The van der Waals surface area contributed by atoms with Crippen LogP contribution in [0.1, 0.15) is 80.3 Å². The Morgan fingerprint density at radius 3 is 2.51 bits per heavy atom. The first-order valence-electron chi connectivity index (χ1n) is 13.4. The van der Waals surface area contributed by atoms with Crippen molar-refractivity contribution in [1.29, 1.82) is 0 Å². The standard InChI is InChI=1S/C29H38N2O3S/c1-20(2)22-9-11-24(12-10-22)34-19-26-25-14-16-35-27(25)13-15-31(26)28(32)18-30(17-21-7-8-21)29(33)23-5-3-4-6-23/h9-12,14,16,20-21,23,26H,3-8,13,15,17-19H2,1-2H3/t26-/m1/s1. The molecule has 2 fully saturated rings. The van der Waals surface area contributed by atoms with Crippen molar-refractivity contribution in [3.05, 3.63) is 51.7 Å². The zero-order valence-electron chi connectivity index (χ0n) is 21.1. The number of hydrogen-bond acceptors (Lipinski definition) is 4. The van der Waals surface area contributed by atoms with Crippen LogP contribution in [0.25, 0.3) is 0 Å². The van der Waals surface area contributed by atoms with E-state index < -0.39 is 0 Å². The molecule has 1 aromatic carbocycles. The summed E-state index contributed by atoms with van der Waals surface area (Å²) in [4.78, 5) is 32.2. The van der Waals surface area contributed by atoms with Crippen LogP contribution in [0, 0.1) is 11.8 Å². The van der Waals surface area contributed by atoms with Gasteiger partial charge in [0.25, 0.3) is 0 Å². The van der Waals surface area contributed by atoms with E-state index in [0.29, 0.717) is 25.0 Å². The highest BCUT2D eigenvalue weighted by Crippen LogP contribution is 2.35. The molecule has 2 heterocycles. The molecule has 0 unspecified atom stereocenters. The van der Waals surface area contributed by atoms with Crippen LogP contribution in [0.3, 0.4) is 0 Å². The van der Waals surface area contributed by atoms with Crippen LogP contribution in [0.15, 0.2) is 35.7 Å². The van der Waals surface area contributed by atoms with Crippen molar-refractivity contribution in [2.45, 2.75) is 70.8 Å². The molecule has 0 saturated heterocycles. The summed E-state index contributed by atoms with van der Waals surface area (Å²) in [6.45, 7) is 6.41. The van der Waals surface area contributed by atoms with Gasteiger partial charge in [0.15, 0.2) is 0 Å². The number of rotatable bonds is 9. The molecule has 0 radical (unpaired) electrons. The van der Waals surface area contributed by atoms with Crippen molar-refractivity contribution in [3.8, 4) is 5.75 Å². The average Bonchev–Trinajstić information content (AvgIpc) is 3.31. The summed E-state index contributed by atoms with van der Waals surface area (Å²) in [6, 6.07) is 10.3. The highest BCUT2D eigenvalue weighted by molar-refractivity contribution is 7.10. The van der Waals surface area contributed by atoms with Crippen LogP contribution in [0.5, 0.6) is 5.75 Å². The smallest absolute Gasteiger partial charge is 0.242 e. The number of benzene rings is 1. The predicted molar refractivity (Wildman–Crippen MR) is 140 cm³/mol. The fraction of sp³-hybridized carbons (Fsp3) is 0.586. The maximum atomic E-state index is 13.7. The number of hydrogen-bond donors (Lipinski definition) is 0.